The predicted molar refractivity (Wildman–Crippen MR) is 83.0 cm³/mol. The quantitative estimate of drug-likeness (QED) is 0.841. The molecule has 0 amide bonds. The molecular weight excluding hydrogens is 345 g/mol. The highest BCUT2D eigenvalue weighted by atomic mass is 79.9. The topological polar surface area (TPSA) is 35.2 Å². The molecule has 2 aromatic carbocycles. The molecule has 0 fully saturated rings. The monoisotopic (exact) mass is 357 g/mol. The van der Waals surface area contributed by atoms with Crippen molar-refractivity contribution in [2.24, 2.45) is 5.73 Å². The minimum atomic E-state index is -0.328. The van der Waals surface area contributed by atoms with Crippen LogP contribution >= 0.6 is 27.5 Å². The Bertz CT molecular complexity index is 619. The molecule has 5 heteroatoms. The van der Waals surface area contributed by atoms with E-state index in [1.165, 1.54) is 12.1 Å². The van der Waals surface area contributed by atoms with Crippen LogP contribution in [0.2, 0.25) is 5.02 Å². The van der Waals surface area contributed by atoms with Gasteiger partial charge in [0.25, 0.3) is 0 Å². The third kappa shape index (κ3) is 3.95. The van der Waals surface area contributed by atoms with Gasteiger partial charge >= 0.3 is 0 Å². The number of rotatable bonds is 4. The lowest BCUT2D eigenvalue weighted by atomic mass is 10.1. The van der Waals surface area contributed by atoms with E-state index in [0.29, 0.717) is 27.4 Å². The Morgan fingerprint density at radius 2 is 2.00 bits per heavy atom. The summed E-state index contributed by atoms with van der Waals surface area (Å²) in [5.41, 5.74) is 6.79. The van der Waals surface area contributed by atoms with Crippen LogP contribution in [0.25, 0.3) is 0 Å². The number of hydrogen-bond acceptors (Lipinski definition) is 2. The second kappa shape index (κ2) is 6.57. The predicted octanol–water partition coefficient (Wildman–Crippen LogP) is 4.92. The Balaban J connectivity index is 2.34. The summed E-state index contributed by atoms with van der Waals surface area (Å²) in [7, 11) is 0. The number of nitrogens with two attached hydrogens (primary N) is 1. The van der Waals surface area contributed by atoms with Crippen LogP contribution in [0.4, 0.5) is 4.39 Å². The van der Waals surface area contributed by atoms with E-state index in [9.17, 15) is 4.39 Å². The summed E-state index contributed by atoms with van der Waals surface area (Å²) in [6.07, 6.45) is 0.672. The zero-order valence-corrected chi connectivity index (χ0v) is 13.2. The maximum atomic E-state index is 13.1. The summed E-state index contributed by atoms with van der Waals surface area (Å²) >= 11 is 9.28. The van der Waals surface area contributed by atoms with Crippen LogP contribution in [0, 0.1) is 5.82 Å². The molecule has 1 unspecified atom stereocenters. The van der Waals surface area contributed by atoms with Gasteiger partial charge in [0.2, 0.25) is 0 Å². The fourth-order valence-electron chi connectivity index (χ4n) is 1.82. The normalized spacial score (nSPS) is 12.2. The van der Waals surface area contributed by atoms with Crippen molar-refractivity contribution in [3.05, 3.63) is 57.3 Å². The number of benzene rings is 2. The molecule has 2 N–H and O–H groups in total. The van der Waals surface area contributed by atoms with Crippen LogP contribution in [0.5, 0.6) is 11.5 Å². The standard InChI is InChI=1S/C15H14BrClFNO/c1-9(19)6-10-2-3-11(17)7-15(10)20-14-5-4-12(18)8-13(14)16/h2-5,7-9H,6,19H2,1H3. The van der Waals surface area contributed by atoms with Crippen LogP contribution in [-0.4, -0.2) is 6.04 Å². The van der Waals surface area contributed by atoms with Crippen LogP contribution in [-0.2, 0) is 6.42 Å². The second-order valence-corrected chi connectivity index (χ2v) is 5.90. The summed E-state index contributed by atoms with van der Waals surface area (Å²) in [4.78, 5) is 0. The van der Waals surface area contributed by atoms with Gasteiger partial charge in [-0.1, -0.05) is 17.7 Å². The average molecular weight is 359 g/mol. The zero-order valence-electron chi connectivity index (χ0n) is 10.9. The van der Waals surface area contributed by atoms with Gasteiger partial charge in [-0.3, -0.25) is 0 Å². The Morgan fingerprint density at radius 1 is 1.25 bits per heavy atom. The van der Waals surface area contributed by atoms with Gasteiger partial charge in [0.05, 0.1) is 4.47 Å². The molecule has 2 nitrogen and oxygen atoms in total. The van der Waals surface area contributed by atoms with Crippen molar-refractivity contribution >= 4 is 27.5 Å². The molecule has 0 aliphatic rings. The smallest absolute Gasteiger partial charge is 0.141 e. The summed E-state index contributed by atoms with van der Waals surface area (Å²) < 4.78 is 19.4. The number of halogens is 3. The minimum Gasteiger partial charge on any atom is -0.456 e. The van der Waals surface area contributed by atoms with E-state index < -0.39 is 0 Å². The third-order valence-corrected chi connectivity index (χ3v) is 3.54. The molecule has 0 aromatic heterocycles. The number of ether oxygens (including phenoxy) is 1. The Kier molecular flexibility index (Phi) is 5.02. The van der Waals surface area contributed by atoms with Crippen molar-refractivity contribution < 1.29 is 9.13 Å². The molecule has 0 saturated heterocycles. The van der Waals surface area contributed by atoms with Crippen molar-refractivity contribution in [2.45, 2.75) is 19.4 Å². The first-order valence-corrected chi connectivity index (χ1v) is 7.29. The molecule has 0 aliphatic carbocycles. The lowest BCUT2D eigenvalue weighted by Crippen LogP contribution is -2.18. The first kappa shape index (κ1) is 15.3. The first-order valence-electron chi connectivity index (χ1n) is 6.12. The molecule has 0 bridgehead atoms. The van der Waals surface area contributed by atoms with Gasteiger partial charge < -0.3 is 10.5 Å². The Labute approximate surface area is 130 Å². The van der Waals surface area contributed by atoms with E-state index in [1.54, 1.807) is 18.2 Å². The SMILES string of the molecule is CC(N)Cc1ccc(Cl)cc1Oc1ccc(F)cc1Br. The van der Waals surface area contributed by atoms with E-state index in [4.69, 9.17) is 22.1 Å². The van der Waals surface area contributed by atoms with Crippen LogP contribution < -0.4 is 10.5 Å². The summed E-state index contributed by atoms with van der Waals surface area (Å²) in [5.74, 6) is 0.827. The molecule has 1 atom stereocenters. The third-order valence-electron chi connectivity index (χ3n) is 2.68. The molecule has 0 spiro atoms. The largest absolute Gasteiger partial charge is 0.456 e. The van der Waals surface area contributed by atoms with Gasteiger partial charge in [-0.25, -0.2) is 4.39 Å². The molecular formula is C15H14BrClFNO. The van der Waals surface area contributed by atoms with Crippen molar-refractivity contribution in [1.29, 1.82) is 0 Å². The zero-order chi connectivity index (χ0) is 14.7. The highest BCUT2D eigenvalue weighted by Gasteiger charge is 2.10. The molecule has 20 heavy (non-hydrogen) atoms. The van der Waals surface area contributed by atoms with Gasteiger partial charge in [0.1, 0.15) is 17.3 Å². The van der Waals surface area contributed by atoms with Gasteiger partial charge in [0, 0.05) is 11.1 Å². The van der Waals surface area contributed by atoms with E-state index in [0.717, 1.165) is 5.56 Å². The second-order valence-electron chi connectivity index (χ2n) is 4.61. The van der Waals surface area contributed by atoms with E-state index >= 15 is 0 Å². The van der Waals surface area contributed by atoms with Gasteiger partial charge in [-0.15, -0.1) is 0 Å². The van der Waals surface area contributed by atoms with Crippen molar-refractivity contribution in [3.63, 3.8) is 0 Å². The van der Waals surface area contributed by atoms with Crippen molar-refractivity contribution in [3.8, 4) is 11.5 Å². The van der Waals surface area contributed by atoms with E-state index in [1.807, 2.05) is 13.0 Å². The minimum absolute atomic E-state index is 0.00943. The van der Waals surface area contributed by atoms with Crippen molar-refractivity contribution in [1.82, 2.24) is 0 Å². The highest BCUT2D eigenvalue weighted by Crippen LogP contribution is 2.33. The maximum Gasteiger partial charge on any atom is 0.141 e. The fourth-order valence-corrected chi connectivity index (χ4v) is 2.41. The van der Waals surface area contributed by atoms with Crippen LogP contribution in [0.3, 0.4) is 0 Å². The molecule has 2 aromatic rings. The summed E-state index contributed by atoms with van der Waals surface area (Å²) in [6.45, 7) is 1.92. The molecule has 2 rings (SSSR count). The maximum absolute atomic E-state index is 13.1. The molecule has 0 saturated carbocycles. The van der Waals surface area contributed by atoms with Gasteiger partial charge in [-0.05, 0) is 65.2 Å². The Hall–Kier alpha value is -1.10. The molecule has 0 heterocycles. The number of hydrogen-bond donors (Lipinski definition) is 1. The molecule has 0 radical (unpaired) electrons. The van der Waals surface area contributed by atoms with E-state index in [2.05, 4.69) is 15.9 Å². The van der Waals surface area contributed by atoms with Crippen molar-refractivity contribution in [2.75, 3.05) is 0 Å². The molecule has 0 aliphatic heterocycles. The van der Waals surface area contributed by atoms with Gasteiger partial charge in [0.15, 0.2) is 0 Å². The first-order chi connectivity index (χ1) is 9.45. The van der Waals surface area contributed by atoms with Crippen LogP contribution in [0.1, 0.15) is 12.5 Å². The summed E-state index contributed by atoms with van der Waals surface area (Å²) in [6, 6.07) is 9.69. The van der Waals surface area contributed by atoms with E-state index in [-0.39, 0.29) is 11.9 Å². The lowest BCUT2D eigenvalue weighted by Gasteiger charge is -2.14. The highest BCUT2D eigenvalue weighted by molar-refractivity contribution is 9.10. The fraction of sp³-hybridized carbons (Fsp3) is 0.200. The van der Waals surface area contributed by atoms with Gasteiger partial charge in [-0.2, -0.15) is 0 Å². The lowest BCUT2D eigenvalue weighted by molar-refractivity contribution is 0.469. The molecule has 106 valence electrons. The average Bonchev–Trinajstić information content (AvgIpc) is 2.35. The Morgan fingerprint density at radius 3 is 2.65 bits per heavy atom. The van der Waals surface area contributed by atoms with Crippen LogP contribution in [0.15, 0.2) is 40.9 Å². The summed E-state index contributed by atoms with van der Waals surface area (Å²) in [5, 5.41) is 0.576.